The second-order valence-electron chi connectivity index (χ2n) is 3.89. The maximum absolute atomic E-state index is 12.0. The largest absolute Gasteiger partial charge is 0.508 e. The van der Waals surface area contributed by atoms with Crippen LogP contribution in [0.3, 0.4) is 0 Å². The summed E-state index contributed by atoms with van der Waals surface area (Å²) in [6.45, 7) is 1.72. The topological polar surface area (TPSA) is 84.2 Å². The van der Waals surface area contributed by atoms with Gasteiger partial charge in [-0.15, -0.1) is 0 Å². The van der Waals surface area contributed by atoms with Gasteiger partial charge in [-0.3, -0.25) is 4.72 Å². The molecule has 0 saturated heterocycles. The molecule has 0 aliphatic rings. The van der Waals surface area contributed by atoms with E-state index in [9.17, 15) is 8.42 Å². The summed E-state index contributed by atoms with van der Waals surface area (Å²) in [5, 5.41) is 9.09. The quantitative estimate of drug-likeness (QED) is 0.819. The number of aromatic nitrogens is 2. The number of phenols is 1. The van der Waals surface area contributed by atoms with Crippen LogP contribution in [-0.2, 0) is 17.1 Å². The number of phenolic OH excluding ortho intramolecular Hbond substituents is 1. The first kappa shape index (κ1) is 12.4. The number of hydrogen-bond donors (Lipinski definition) is 2. The summed E-state index contributed by atoms with van der Waals surface area (Å²) in [7, 11) is -1.97. The number of sulfonamides is 1. The third-order valence-corrected chi connectivity index (χ3v) is 3.73. The fourth-order valence-electron chi connectivity index (χ4n) is 1.39. The van der Waals surface area contributed by atoms with Gasteiger partial charge in [-0.05, 0) is 31.2 Å². The second-order valence-corrected chi connectivity index (χ2v) is 5.52. The van der Waals surface area contributed by atoms with Crippen molar-refractivity contribution in [3.05, 3.63) is 36.3 Å². The highest BCUT2D eigenvalue weighted by Crippen LogP contribution is 2.18. The lowest BCUT2D eigenvalue weighted by Gasteiger charge is -2.05. The molecule has 0 fully saturated rings. The Labute approximate surface area is 105 Å². The lowest BCUT2D eigenvalue weighted by molar-refractivity contribution is 0.475. The highest BCUT2D eigenvalue weighted by Gasteiger charge is 2.18. The highest BCUT2D eigenvalue weighted by molar-refractivity contribution is 7.92. The predicted octanol–water partition coefficient (Wildman–Crippen LogP) is 1.23. The van der Waals surface area contributed by atoms with Crippen molar-refractivity contribution in [3.63, 3.8) is 0 Å². The van der Waals surface area contributed by atoms with Gasteiger partial charge in [-0.2, -0.15) is 8.42 Å². The molecular formula is C11H13N3O3S. The SMILES string of the molecule is Cc1nc(S(=O)(=O)Nc2ccc(O)cc2)cn1C. The molecule has 18 heavy (non-hydrogen) atoms. The van der Waals surface area contributed by atoms with Crippen LogP contribution in [0.4, 0.5) is 5.69 Å². The van der Waals surface area contributed by atoms with E-state index >= 15 is 0 Å². The standard InChI is InChI=1S/C11H13N3O3S/c1-8-12-11(7-14(8)2)18(16,17)13-9-3-5-10(15)6-4-9/h3-7,13,15H,1-2H3. The fraction of sp³-hybridized carbons (Fsp3) is 0.182. The van der Waals surface area contributed by atoms with Gasteiger partial charge in [0.05, 0.1) is 0 Å². The lowest BCUT2D eigenvalue weighted by atomic mass is 10.3. The minimum Gasteiger partial charge on any atom is -0.508 e. The molecule has 0 saturated carbocycles. The zero-order chi connectivity index (χ0) is 13.3. The van der Waals surface area contributed by atoms with E-state index in [-0.39, 0.29) is 10.8 Å². The predicted molar refractivity (Wildman–Crippen MR) is 66.9 cm³/mol. The van der Waals surface area contributed by atoms with Crippen LogP contribution in [0.2, 0.25) is 0 Å². The zero-order valence-corrected chi connectivity index (χ0v) is 10.8. The summed E-state index contributed by atoms with van der Waals surface area (Å²) in [6.07, 6.45) is 1.44. The molecule has 0 aliphatic carbocycles. The molecule has 2 rings (SSSR count). The van der Waals surface area contributed by atoms with Crippen molar-refractivity contribution in [1.82, 2.24) is 9.55 Å². The molecule has 7 heteroatoms. The third kappa shape index (κ3) is 2.45. The molecular weight excluding hydrogens is 254 g/mol. The first-order chi connectivity index (χ1) is 8.38. The Morgan fingerprint density at radius 1 is 1.28 bits per heavy atom. The second kappa shape index (κ2) is 4.34. The first-order valence-electron chi connectivity index (χ1n) is 5.20. The van der Waals surface area contributed by atoms with Gasteiger partial charge < -0.3 is 9.67 Å². The van der Waals surface area contributed by atoms with Crippen LogP contribution in [0.1, 0.15) is 5.82 Å². The van der Waals surface area contributed by atoms with Crippen molar-refractivity contribution in [2.75, 3.05) is 4.72 Å². The van der Waals surface area contributed by atoms with Gasteiger partial charge in [0.1, 0.15) is 11.6 Å². The molecule has 1 aromatic heterocycles. The van der Waals surface area contributed by atoms with Crippen LogP contribution in [0.25, 0.3) is 0 Å². The average Bonchev–Trinajstić information content (AvgIpc) is 2.63. The molecule has 0 spiro atoms. The number of nitrogens with zero attached hydrogens (tertiary/aromatic N) is 2. The zero-order valence-electron chi connectivity index (χ0n) is 9.95. The number of rotatable bonds is 3. The summed E-state index contributed by atoms with van der Waals surface area (Å²) in [4.78, 5) is 3.96. The van der Waals surface area contributed by atoms with E-state index in [2.05, 4.69) is 9.71 Å². The van der Waals surface area contributed by atoms with E-state index in [1.54, 1.807) is 18.5 Å². The van der Waals surface area contributed by atoms with Crippen molar-refractivity contribution in [1.29, 1.82) is 0 Å². The molecule has 0 atom stereocenters. The van der Waals surface area contributed by atoms with Crippen LogP contribution in [0.15, 0.2) is 35.5 Å². The van der Waals surface area contributed by atoms with Crippen molar-refractivity contribution in [3.8, 4) is 5.75 Å². The first-order valence-corrected chi connectivity index (χ1v) is 6.68. The van der Waals surface area contributed by atoms with Gasteiger partial charge in [0, 0.05) is 18.9 Å². The van der Waals surface area contributed by atoms with Crippen molar-refractivity contribution < 1.29 is 13.5 Å². The van der Waals surface area contributed by atoms with Gasteiger partial charge in [-0.1, -0.05) is 0 Å². The van der Waals surface area contributed by atoms with Crippen LogP contribution < -0.4 is 4.72 Å². The average molecular weight is 267 g/mol. The Morgan fingerprint density at radius 3 is 2.39 bits per heavy atom. The van der Waals surface area contributed by atoms with E-state index in [0.29, 0.717) is 11.5 Å². The molecule has 0 bridgehead atoms. The summed E-state index contributed by atoms with van der Waals surface area (Å²) < 4.78 is 28.0. The minimum absolute atomic E-state index is 0.0319. The van der Waals surface area contributed by atoms with Gasteiger partial charge >= 0.3 is 0 Å². The summed E-state index contributed by atoms with van der Waals surface area (Å²) in [6, 6.07) is 5.76. The van der Waals surface area contributed by atoms with E-state index in [1.807, 2.05) is 0 Å². The number of nitrogens with one attached hydrogen (secondary N) is 1. The van der Waals surface area contributed by atoms with Crippen molar-refractivity contribution in [2.45, 2.75) is 11.9 Å². The van der Waals surface area contributed by atoms with Gasteiger partial charge in [0.2, 0.25) is 0 Å². The summed E-state index contributed by atoms with van der Waals surface area (Å²) in [5.74, 6) is 0.688. The van der Waals surface area contributed by atoms with E-state index in [1.165, 1.54) is 30.5 Å². The lowest BCUT2D eigenvalue weighted by Crippen LogP contribution is -2.13. The summed E-state index contributed by atoms with van der Waals surface area (Å²) in [5.41, 5.74) is 0.371. The number of anilines is 1. The summed E-state index contributed by atoms with van der Waals surface area (Å²) >= 11 is 0. The Balaban J connectivity index is 2.29. The Hall–Kier alpha value is -2.02. The monoisotopic (exact) mass is 267 g/mol. The molecule has 0 unspecified atom stereocenters. The molecule has 1 aromatic carbocycles. The molecule has 0 amide bonds. The smallest absolute Gasteiger partial charge is 0.280 e. The molecule has 6 nitrogen and oxygen atoms in total. The normalized spacial score (nSPS) is 11.4. The van der Waals surface area contributed by atoms with Crippen molar-refractivity contribution in [2.24, 2.45) is 7.05 Å². The van der Waals surface area contributed by atoms with Crippen LogP contribution >= 0.6 is 0 Å². The number of benzene rings is 1. The molecule has 96 valence electrons. The van der Waals surface area contributed by atoms with Crippen LogP contribution in [0, 0.1) is 6.92 Å². The van der Waals surface area contributed by atoms with Gasteiger partial charge in [0.15, 0.2) is 5.03 Å². The highest BCUT2D eigenvalue weighted by atomic mass is 32.2. The van der Waals surface area contributed by atoms with Crippen LogP contribution in [0.5, 0.6) is 5.75 Å². The van der Waals surface area contributed by atoms with Gasteiger partial charge in [-0.25, -0.2) is 4.98 Å². The molecule has 1 heterocycles. The minimum atomic E-state index is -3.69. The Morgan fingerprint density at radius 2 is 1.89 bits per heavy atom. The number of aromatic hydroxyl groups is 1. The van der Waals surface area contributed by atoms with E-state index in [0.717, 1.165) is 0 Å². The van der Waals surface area contributed by atoms with E-state index in [4.69, 9.17) is 5.11 Å². The maximum atomic E-state index is 12.0. The Bertz CT molecular complexity index is 640. The van der Waals surface area contributed by atoms with Gasteiger partial charge in [0.25, 0.3) is 10.0 Å². The number of imidazole rings is 1. The van der Waals surface area contributed by atoms with Crippen molar-refractivity contribution >= 4 is 15.7 Å². The third-order valence-electron chi connectivity index (χ3n) is 2.48. The Kier molecular flexibility index (Phi) is 3.00. The number of hydrogen-bond acceptors (Lipinski definition) is 4. The maximum Gasteiger partial charge on any atom is 0.280 e. The number of aryl methyl sites for hydroxylation is 2. The molecule has 2 aromatic rings. The van der Waals surface area contributed by atoms with Crippen LogP contribution in [-0.4, -0.2) is 23.1 Å². The molecule has 0 aliphatic heterocycles. The van der Waals surface area contributed by atoms with E-state index < -0.39 is 10.0 Å². The molecule has 0 radical (unpaired) electrons. The molecule has 2 N–H and O–H groups in total. The fourth-order valence-corrected chi connectivity index (χ4v) is 2.49.